The molecule has 9 heteroatoms. The molecule has 0 aliphatic rings. The van der Waals surface area contributed by atoms with Crippen molar-refractivity contribution >= 4 is 17.4 Å². The SMILES string of the molecule is Cn1nnnc1SCc1cccc([N+](=O)[O-])c1F. The van der Waals surface area contributed by atoms with Gasteiger partial charge in [-0.25, -0.2) is 4.68 Å². The normalized spacial score (nSPS) is 10.6. The first kappa shape index (κ1) is 12.4. The molecule has 0 bridgehead atoms. The van der Waals surface area contributed by atoms with Crippen molar-refractivity contribution in [1.82, 2.24) is 20.2 Å². The van der Waals surface area contributed by atoms with Gasteiger partial charge in [0.1, 0.15) is 0 Å². The molecule has 0 radical (unpaired) electrons. The van der Waals surface area contributed by atoms with Gasteiger partial charge in [-0.2, -0.15) is 4.39 Å². The Hall–Kier alpha value is -2.03. The lowest BCUT2D eigenvalue weighted by atomic mass is 10.2. The highest BCUT2D eigenvalue weighted by atomic mass is 32.2. The number of halogens is 1. The molecule has 1 aromatic carbocycles. The van der Waals surface area contributed by atoms with Gasteiger partial charge in [-0.1, -0.05) is 23.9 Å². The highest BCUT2D eigenvalue weighted by molar-refractivity contribution is 7.98. The summed E-state index contributed by atoms with van der Waals surface area (Å²) >= 11 is 1.21. The van der Waals surface area contributed by atoms with E-state index in [9.17, 15) is 14.5 Å². The Balaban J connectivity index is 2.17. The van der Waals surface area contributed by atoms with Crippen LogP contribution in [0.25, 0.3) is 0 Å². The molecule has 2 aromatic rings. The van der Waals surface area contributed by atoms with Crippen molar-refractivity contribution in [1.29, 1.82) is 0 Å². The number of hydrogen-bond acceptors (Lipinski definition) is 6. The third-order valence-electron chi connectivity index (χ3n) is 2.19. The van der Waals surface area contributed by atoms with Crippen LogP contribution in [0.1, 0.15) is 5.56 Å². The Morgan fingerprint density at radius 1 is 1.56 bits per heavy atom. The first-order chi connectivity index (χ1) is 8.59. The minimum atomic E-state index is -0.815. The third-order valence-corrected chi connectivity index (χ3v) is 3.25. The monoisotopic (exact) mass is 269 g/mol. The molecule has 0 amide bonds. The van der Waals surface area contributed by atoms with Crippen molar-refractivity contribution in [2.45, 2.75) is 10.9 Å². The molecule has 0 aliphatic carbocycles. The molecule has 18 heavy (non-hydrogen) atoms. The number of tetrazole rings is 1. The average Bonchev–Trinajstić information content (AvgIpc) is 2.73. The maximum absolute atomic E-state index is 13.7. The first-order valence-corrected chi connectivity index (χ1v) is 5.85. The van der Waals surface area contributed by atoms with E-state index in [4.69, 9.17) is 0 Å². The summed E-state index contributed by atoms with van der Waals surface area (Å²) in [6, 6.07) is 4.08. The Bertz CT molecular complexity index is 588. The zero-order valence-corrected chi connectivity index (χ0v) is 10.1. The van der Waals surface area contributed by atoms with Gasteiger partial charge in [0, 0.05) is 24.4 Å². The average molecular weight is 269 g/mol. The fraction of sp³-hybridized carbons (Fsp3) is 0.222. The van der Waals surface area contributed by atoms with Crippen LogP contribution in [0, 0.1) is 15.9 Å². The van der Waals surface area contributed by atoms with Crippen LogP contribution in [0.3, 0.4) is 0 Å². The third kappa shape index (κ3) is 2.45. The molecule has 1 aromatic heterocycles. The molecule has 1 heterocycles. The fourth-order valence-electron chi connectivity index (χ4n) is 1.30. The number of nitrogens with zero attached hydrogens (tertiary/aromatic N) is 5. The topological polar surface area (TPSA) is 86.7 Å². The largest absolute Gasteiger partial charge is 0.305 e. The zero-order valence-electron chi connectivity index (χ0n) is 9.28. The second-order valence-electron chi connectivity index (χ2n) is 3.38. The van der Waals surface area contributed by atoms with Gasteiger partial charge in [0.2, 0.25) is 11.0 Å². The van der Waals surface area contributed by atoms with Gasteiger partial charge in [0.05, 0.1) is 4.92 Å². The van der Waals surface area contributed by atoms with Gasteiger partial charge in [0.15, 0.2) is 0 Å². The van der Waals surface area contributed by atoms with E-state index in [1.807, 2.05) is 0 Å². The minimum absolute atomic E-state index is 0.224. The lowest BCUT2D eigenvalue weighted by molar-refractivity contribution is -0.387. The van der Waals surface area contributed by atoms with Crippen LogP contribution in [-0.2, 0) is 12.8 Å². The van der Waals surface area contributed by atoms with Crippen LogP contribution in [0.5, 0.6) is 0 Å². The molecule has 0 fully saturated rings. The predicted octanol–water partition coefficient (Wildman–Crippen LogP) is 1.55. The molecular formula is C9H8FN5O2S. The second-order valence-corrected chi connectivity index (χ2v) is 4.32. The van der Waals surface area contributed by atoms with Crippen molar-refractivity contribution in [3.63, 3.8) is 0 Å². The number of rotatable bonds is 4. The highest BCUT2D eigenvalue weighted by Gasteiger charge is 2.17. The van der Waals surface area contributed by atoms with Crippen molar-refractivity contribution in [3.8, 4) is 0 Å². The number of nitro benzene ring substituents is 1. The summed E-state index contributed by atoms with van der Waals surface area (Å²) in [6.45, 7) is 0. The summed E-state index contributed by atoms with van der Waals surface area (Å²) in [5, 5.41) is 21.9. The van der Waals surface area contributed by atoms with Gasteiger partial charge in [-0.3, -0.25) is 10.1 Å². The molecule has 94 valence electrons. The van der Waals surface area contributed by atoms with E-state index in [1.165, 1.54) is 28.6 Å². The molecular weight excluding hydrogens is 261 g/mol. The van der Waals surface area contributed by atoms with Crippen molar-refractivity contribution in [2.75, 3.05) is 0 Å². The Morgan fingerprint density at radius 3 is 2.94 bits per heavy atom. The van der Waals surface area contributed by atoms with Crippen LogP contribution in [0.2, 0.25) is 0 Å². The maximum Gasteiger partial charge on any atom is 0.305 e. The van der Waals surface area contributed by atoms with E-state index in [2.05, 4.69) is 15.5 Å². The van der Waals surface area contributed by atoms with E-state index >= 15 is 0 Å². The van der Waals surface area contributed by atoms with Gasteiger partial charge < -0.3 is 0 Å². The smallest absolute Gasteiger partial charge is 0.258 e. The van der Waals surface area contributed by atoms with Crippen LogP contribution >= 0.6 is 11.8 Å². The van der Waals surface area contributed by atoms with Crippen LogP contribution in [0.15, 0.2) is 23.4 Å². The van der Waals surface area contributed by atoms with Gasteiger partial charge in [-0.05, 0) is 10.4 Å². The summed E-state index contributed by atoms with van der Waals surface area (Å²) in [7, 11) is 1.66. The number of nitro groups is 1. The molecule has 7 nitrogen and oxygen atoms in total. The van der Waals surface area contributed by atoms with Gasteiger partial charge >= 0.3 is 5.69 Å². The number of aryl methyl sites for hydroxylation is 1. The Kier molecular flexibility index (Phi) is 3.51. The Labute approximate surface area is 105 Å². The molecule has 0 N–H and O–H groups in total. The molecule has 0 unspecified atom stereocenters. The van der Waals surface area contributed by atoms with Crippen LogP contribution in [-0.4, -0.2) is 25.1 Å². The zero-order chi connectivity index (χ0) is 13.1. The summed E-state index contributed by atoms with van der Waals surface area (Å²) in [6.07, 6.45) is 0. The molecule has 0 spiro atoms. The quantitative estimate of drug-likeness (QED) is 0.475. The fourth-order valence-corrected chi connectivity index (χ4v) is 2.13. The summed E-state index contributed by atoms with van der Waals surface area (Å²) in [5.74, 6) is -0.591. The van der Waals surface area contributed by atoms with E-state index in [0.717, 1.165) is 6.07 Å². The molecule has 2 rings (SSSR count). The lowest BCUT2D eigenvalue weighted by Gasteiger charge is -2.02. The van der Waals surface area contributed by atoms with E-state index in [-0.39, 0.29) is 11.3 Å². The van der Waals surface area contributed by atoms with Crippen LogP contribution in [0.4, 0.5) is 10.1 Å². The summed E-state index contributed by atoms with van der Waals surface area (Å²) < 4.78 is 15.2. The minimum Gasteiger partial charge on any atom is -0.258 e. The number of aromatic nitrogens is 4. The van der Waals surface area contributed by atoms with E-state index in [0.29, 0.717) is 5.16 Å². The van der Waals surface area contributed by atoms with Crippen molar-refractivity contribution < 1.29 is 9.31 Å². The Morgan fingerprint density at radius 2 is 2.33 bits per heavy atom. The van der Waals surface area contributed by atoms with Gasteiger partial charge in [0.25, 0.3) is 0 Å². The van der Waals surface area contributed by atoms with E-state index < -0.39 is 16.4 Å². The van der Waals surface area contributed by atoms with Crippen molar-refractivity contribution in [3.05, 3.63) is 39.7 Å². The molecule has 0 saturated carbocycles. The van der Waals surface area contributed by atoms with Crippen LogP contribution < -0.4 is 0 Å². The second kappa shape index (κ2) is 5.08. The standard InChI is InChI=1S/C9H8FN5O2S/c1-14-9(11-12-13-14)18-5-6-3-2-4-7(8(6)10)15(16)17/h2-4H,5H2,1H3. The van der Waals surface area contributed by atoms with Crippen molar-refractivity contribution in [2.24, 2.45) is 7.05 Å². The first-order valence-electron chi connectivity index (χ1n) is 4.86. The molecule has 0 atom stereocenters. The number of benzene rings is 1. The maximum atomic E-state index is 13.7. The molecule has 0 aliphatic heterocycles. The number of thioether (sulfide) groups is 1. The highest BCUT2D eigenvalue weighted by Crippen LogP contribution is 2.25. The van der Waals surface area contributed by atoms with E-state index in [1.54, 1.807) is 7.05 Å². The summed E-state index contributed by atoms with van der Waals surface area (Å²) in [4.78, 5) is 9.84. The van der Waals surface area contributed by atoms with Gasteiger partial charge in [-0.15, -0.1) is 5.10 Å². The number of hydrogen-bond donors (Lipinski definition) is 0. The summed E-state index contributed by atoms with van der Waals surface area (Å²) in [5.41, 5.74) is -0.276. The molecule has 0 saturated heterocycles. The predicted molar refractivity (Wildman–Crippen MR) is 61.4 cm³/mol. The lowest BCUT2D eigenvalue weighted by Crippen LogP contribution is -1.97.